The van der Waals surface area contributed by atoms with Gasteiger partial charge in [0.05, 0.1) is 22.4 Å². The van der Waals surface area contributed by atoms with Gasteiger partial charge >= 0.3 is 0 Å². The summed E-state index contributed by atoms with van der Waals surface area (Å²) in [5.74, 6) is 0. The highest BCUT2D eigenvalue weighted by atomic mass is 32.1. The topological polar surface area (TPSA) is 42.2 Å². The van der Waals surface area contributed by atoms with Gasteiger partial charge in [0.1, 0.15) is 0 Å². The van der Waals surface area contributed by atoms with Crippen molar-refractivity contribution in [3.8, 4) is 0 Å². The van der Waals surface area contributed by atoms with Gasteiger partial charge in [-0.1, -0.05) is 13.0 Å². The first-order valence-electron chi connectivity index (χ1n) is 7.34. The van der Waals surface area contributed by atoms with Gasteiger partial charge in [0.2, 0.25) is 0 Å². The van der Waals surface area contributed by atoms with E-state index < -0.39 is 0 Å². The maximum Gasteiger partial charge on any atom is 0.0897 e. The summed E-state index contributed by atoms with van der Waals surface area (Å²) in [5.41, 5.74) is 3.56. The third-order valence-corrected chi connectivity index (χ3v) is 4.37. The molecule has 21 heavy (non-hydrogen) atoms. The minimum atomic E-state index is 0.256. The van der Waals surface area contributed by atoms with Crippen molar-refractivity contribution in [3.63, 3.8) is 0 Å². The van der Waals surface area contributed by atoms with E-state index in [1.807, 2.05) is 23.0 Å². The molecule has 1 unspecified atom stereocenters. The van der Waals surface area contributed by atoms with Crippen LogP contribution in [0.5, 0.6) is 0 Å². The van der Waals surface area contributed by atoms with Crippen LogP contribution in [0.3, 0.4) is 0 Å². The fourth-order valence-corrected chi connectivity index (χ4v) is 3.17. The van der Waals surface area contributed by atoms with Crippen molar-refractivity contribution in [2.75, 3.05) is 6.54 Å². The summed E-state index contributed by atoms with van der Waals surface area (Å²) in [6.07, 6.45) is 5.98. The van der Waals surface area contributed by atoms with Gasteiger partial charge in [0.25, 0.3) is 0 Å². The normalized spacial score (nSPS) is 12.9. The molecule has 0 saturated carbocycles. The average molecular weight is 300 g/mol. The molecular formula is C16H20N4S. The molecule has 0 bridgehead atoms. The molecule has 0 aliphatic rings. The number of fused-ring (bicyclic) bond motifs is 1. The Kier molecular flexibility index (Phi) is 4.31. The molecule has 110 valence electrons. The number of rotatable bonds is 6. The van der Waals surface area contributed by atoms with E-state index in [0.29, 0.717) is 0 Å². The van der Waals surface area contributed by atoms with Crippen LogP contribution in [-0.4, -0.2) is 21.1 Å². The lowest BCUT2D eigenvalue weighted by molar-refractivity contribution is 0.528. The lowest BCUT2D eigenvalue weighted by Crippen LogP contribution is -2.24. The quantitative estimate of drug-likeness (QED) is 0.759. The average Bonchev–Trinajstić information content (AvgIpc) is 3.09. The van der Waals surface area contributed by atoms with Gasteiger partial charge in [-0.05, 0) is 32.0 Å². The summed E-state index contributed by atoms with van der Waals surface area (Å²) in [4.78, 5) is 4.60. The van der Waals surface area contributed by atoms with Crippen molar-refractivity contribution in [1.82, 2.24) is 19.9 Å². The second kappa shape index (κ2) is 6.37. The zero-order valence-corrected chi connectivity index (χ0v) is 13.2. The molecule has 3 aromatic rings. The Bertz CT molecular complexity index is 716. The summed E-state index contributed by atoms with van der Waals surface area (Å²) in [6, 6.07) is 6.44. The van der Waals surface area contributed by atoms with Crippen LogP contribution < -0.4 is 5.32 Å². The van der Waals surface area contributed by atoms with Crippen LogP contribution in [0.15, 0.2) is 36.0 Å². The molecule has 4 nitrogen and oxygen atoms in total. The Morgan fingerprint density at radius 3 is 3.05 bits per heavy atom. The number of hydrogen-bond donors (Lipinski definition) is 1. The minimum absolute atomic E-state index is 0.256. The van der Waals surface area contributed by atoms with Crippen molar-refractivity contribution < 1.29 is 0 Å². The number of aromatic nitrogens is 3. The summed E-state index contributed by atoms with van der Waals surface area (Å²) >= 11 is 1.71. The molecule has 0 amide bonds. The minimum Gasteiger partial charge on any atom is -0.309 e. The van der Waals surface area contributed by atoms with E-state index in [2.05, 4.69) is 46.8 Å². The monoisotopic (exact) mass is 300 g/mol. The summed E-state index contributed by atoms with van der Waals surface area (Å²) in [5, 5.41) is 11.4. The van der Waals surface area contributed by atoms with Crippen molar-refractivity contribution in [3.05, 3.63) is 52.2 Å². The van der Waals surface area contributed by atoms with E-state index in [4.69, 9.17) is 0 Å². The van der Waals surface area contributed by atoms with Crippen LogP contribution in [0.25, 0.3) is 5.52 Å². The predicted octanol–water partition coefficient (Wildman–Crippen LogP) is 3.38. The number of nitrogens with one attached hydrogen (secondary N) is 1. The van der Waals surface area contributed by atoms with E-state index >= 15 is 0 Å². The van der Waals surface area contributed by atoms with Gasteiger partial charge in [-0.2, -0.15) is 5.10 Å². The standard InChI is InChI=1S/C16H20N4S/c1-3-7-17-15(9-13-11-21-12(2)19-13)14-10-18-20-8-5-4-6-16(14)20/h4-6,8,10-11,15,17H,3,7,9H2,1-2H3. The van der Waals surface area contributed by atoms with E-state index in [9.17, 15) is 0 Å². The molecule has 0 aliphatic heterocycles. The zero-order valence-electron chi connectivity index (χ0n) is 12.4. The van der Waals surface area contributed by atoms with Crippen LogP contribution in [0.4, 0.5) is 0 Å². The van der Waals surface area contributed by atoms with Gasteiger partial charge in [0, 0.05) is 29.6 Å². The van der Waals surface area contributed by atoms with Crippen LogP contribution >= 0.6 is 11.3 Å². The van der Waals surface area contributed by atoms with Crippen molar-refractivity contribution in [2.45, 2.75) is 32.7 Å². The molecule has 3 aromatic heterocycles. The highest BCUT2D eigenvalue weighted by Crippen LogP contribution is 2.23. The van der Waals surface area contributed by atoms with Crippen molar-refractivity contribution in [1.29, 1.82) is 0 Å². The highest BCUT2D eigenvalue weighted by molar-refractivity contribution is 7.09. The van der Waals surface area contributed by atoms with Gasteiger partial charge in [-0.25, -0.2) is 9.50 Å². The fourth-order valence-electron chi connectivity index (χ4n) is 2.54. The molecule has 1 N–H and O–H groups in total. The Balaban J connectivity index is 1.91. The van der Waals surface area contributed by atoms with Crippen molar-refractivity contribution >= 4 is 16.9 Å². The van der Waals surface area contributed by atoms with Crippen LogP contribution in [-0.2, 0) is 6.42 Å². The van der Waals surface area contributed by atoms with Gasteiger partial charge in [-0.3, -0.25) is 0 Å². The zero-order chi connectivity index (χ0) is 14.7. The van der Waals surface area contributed by atoms with E-state index in [1.165, 1.54) is 5.56 Å². The molecular weight excluding hydrogens is 280 g/mol. The second-order valence-corrected chi connectivity index (χ2v) is 6.26. The Hall–Kier alpha value is -1.72. The van der Waals surface area contributed by atoms with Gasteiger partial charge in [-0.15, -0.1) is 11.3 Å². The molecule has 0 saturated heterocycles. The Labute approximate surface area is 128 Å². The molecule has 0 radical (unpaired) electrons. The van der Waals surface area contributed by atoms with Gasteiger partial charge in [0.15, 0.2) is 0 Å². The lowest BCUT2D eigenvalue weighted by atomic mass is 10.0. The molecule has 5 heteroatoms. The number of aryl methyl sites for hydroxylation is 1. The molecule has 0 aromatic carbocycles. The third kappa shape index (κ3) is 3.14. The predicted molar refractivity (Wildman–Crippen MR) is 86.8 cm³/mol. The first-order valence-corrected chi connectivity index (χ1v) is 8.22. The summed E-state index contributed by atoms with van der Waals surface area (Å²) in [6.45, 7) is 5.24. The van der Waals surface area contributed by atoms with E-state index in [-0.39, 0.29) is 6.04 Å². The number of hydrogen-bond acceptors (Lipinski definition) is 4. The van der Waals surface area contributed by atoms with Crippen LogP contribution in [0.2, 0.25) is 0 Å². The largest absolute Gasteiger partial charge is 0.309 e. The molecule has 0 fully saturated rings. The van der Waals surface area contributed by atoms with E-state index in [0.717, 1.165) is 35.6 Å². The number of thiazole rings is 1. The first kappa shape index (κ1) is 14.2. The second-order valence-electron chi connectivity index (χ2n) is 5.20. The van der Waals surface area contributed by atoms with Crippen LogP contribution in [0.1, 0.15) is 35.7 Å². The van der Waals surface area contributed by atoms with E-state index in [1.54, 1.807) is 11.3 Å². The smallest absolute Gasteiger partial charge is 0.0897 e. The molecule has 3 heterocycles. The fraction of sp³-hybridized carbons (Fsp3) is 0.375. The lowest BCUT2D eigenvalue weighted by Gasteiger charge is -2.16. The molecule has 0 aliphatic carbocycles. The Morgan fingerprint density at radius 2 is 2.29 bits per heavy atom. The summed E-state index contributed by atoms with van der Waals surface area (Å²) in [7, 11) is 0. The maximum absolute atomic E-state index is 4.60. The number of pyridine rings is 1. The third-order valence-electron chi connectivity index (χ3n) is 3.55. The summed E-state index contributed by atoms with van der Waals surface area (Å²) < 4.78 is 1.93. The SMILES string of the molecule is CCCNC(Cc1csc(C)n1)c1cnn2ccccc12. The molecule has 0 spiro atoms. The first-order chi connectivity index (χ1) is 10.3. The highest BCUT2D eigenvalue weighted by Gasteiger charge is 2.17. The van der Waals surface area contributed by atoms with Crippen LogP contribution in [0, 0.1) is 6.92 Å². The molecule has 1 atom stereocenters. The van der Waals surface area contributed by atoms with Crippen molar-refractivity contribution in [2.24, 2.45) is 0 Å². The Morgan fingerprint density at radius 1 is 1.38 bits per heavy atom. The molecule has 3 rings (SSSR count). The maximum atomic E-state index is 4.60. The number of nitrogens with zero attached hydrogens (tertiary/aromatic N) is 3. The van der Waals surface area contributed by atoms with Gasteiger partial charge < -0.3 is 5.32 Å².